The molecule has 1 aliphatic rings. The first-order valence-corrected chi connectivity index (χ1v) is 8.35. The van der Waals surface area contributed by atoms with Gasteiger partial charge in [0.15, 0.2) is 0 Å². The molecule has 0 spiro atoms. The summed E-state index contributed by atoms with van der Waals surface area (Å²) in [5, 5.41) is 11.5. The number of carboxylic acids is 1. The highest BCUT2D eigenvalue weighted by molar-refractivity contribution is 7.99. The van der Waals surface area contributed by atoms with Crippen LogP contribution in [0.15, 0.2) is 0 Å². The molecule has 1 aliphatic heterocycles. The third-order valence-corrected chi connectivity index (χ3v) is 3.98. The topological polar surface area (TPSA) is 84.9 Å². The predicted molar refractivity (Wildman–Crippen MR) is 81.7 cm³/mol. The molecule has 0 aromatic rings. The molecule has 6 nitrogen and oxygen atoms in total. The van der Waals surface area contributed by atoms with E-state index >= 15 is 0 Å². The van der Waals surface area contributed by atoms with Gasteiger partial charge in [0.1, 0.15) is 11.6 Å². The molecule has 0 bridgehead atoms. The van der Waals surface area contributed by atoms with Crippen molar-refractivity contribution in [3.05, 3.63) is 0 Å². The van der Waals surface area contributed by atoms with Gasteiger partial charge in [0, 0.05) is 12.4 Å². The fourth-order valence-electron chi connectivity index (χ4n) is 1.91. The van der Waals surface area contributed by atoms with Crippen LogP contribution in [-0.2, 0) is 14.3 Å². The number of hydrogen-bond donors (Lipinski definition) is 2. The highest BCUT2D eigenvalue weighted by atomic mass is 32.2. The summed E-state index contributed by atoms with van der Waals surface area (Å²) in [6.45, 7) is 6.03. The Hall–Kier alpha value is -0.950. The van der Waals surface area contributed by atoms with Crippen LogP contribution >= 0.6 is 11.8 Å². The minimum Gasteiger partial charge on any atom is -0.480 e. The summed E-state index contributed by atoms with van der Waals surface area (Å²) in [7, 11) is 0. The number of rotatable bonds is 7. The van der Waals surface area contributed by atoms with E-state index in [9.17, 15) is 9.59 Å². The summed E-state index contributed by atoms with van der Waals surface area (Å²) in [4.78, 5) is 22.7. The van der Waals surface area contributed by atoms with Gasteiger partial charge in [0.25, 0.3) is 0 Å². The second-order valence-corrected chi connectivity index (χ2v) is 7.19. The van der Waals surface area contributed by atoms with Crippen LogP contribution in [0.5, 0.6) is 0 Å². The average molecular weight is 319 g/mol. The summed E-state index contributed by atoms with van der Waals surface area (Å²) in [6.07, 6.45) is 2.71. The number of ether oxygens (including phenoxy) is 2. The van der Waals surface area contributed by atoms with Crippen molar-refractivity contribution in [2.24, 2.45) is 0 Å². The number of carbonyl (C=O) groups excluding carboxylic acids is 1. The minimum absolute atomic E-state index is 0.305. The summed E-state index contributed by atoms with van der Waals surface area (Å²) >= 11 is 1.51. The lowest BCUT2D eigenvalue weighted by Crippen LogP contribution is -2.45. The number of amides is 1. The van der Waals surface area contributed by atoms with Crippen molar-refractivity contribution in [3.63, 3.8) is 0 Å². The largest absolute Gasteiger partial charge is 0.480 e. The van der Waals surface area contributed by atoms with Crippen molar-refractivity contribution >= 4 is 23.8 Å². The Bertz CT molecular complexity index is 350. The number of alkyl carbamates (subject to hydrolysis) is 1. The summed E-state index contributed by atoms with van der Waals surface area (Å²) in [5.74, 6) is 0.0941. The van der Waals surface area contributed by atoms with Crippen LogP contribution in [0.3, 0.4) is 0 Å². The molecule has 2 N–H and O–H groups in total. The highest BCUT2D eigenvalue weighted by Crippen LogP contribution is 2.18. The highest BCUT2D eigenvalue weighted by Gasteiger charge is 2.24. The molecule has 0 aromatic carbocycles. The summed E-state index contributed by atoms with van der Waals surface area (Å²) < 4.78 is 10.6. The quantitative estimate of drug-likeness (QED) is 0.700. The van der Waals surface area contributed by atoms with Gasteiger partial charge in [-0.2, -0.15) is 11.8 Å². The van der Waals surface area contributed by atoms with E-state index in [0.717, 1.165) is 31.6 Å². The smallest absolute Gasteiger partial charge is 0.408 e. The molecule has 1 rings (SSSR count). The van der Waals surface area contributed by atoms with Gasteiger partial charge in [-0.1, -0.05) is 0 Å². The maximum Gasteiger partial charge on any atom is 0.408 e. The number of carboxylic acid groups (broad SMARTS) is 1. The second kappa shape index (κ2) is 8.48. The number of carbonyl (C=O) groups is 2. The maximum absolute atomic E-state index is 11.6. The van der Waals surface area contributed by atoms with Gasteiger partial charge in [-0.05, 0) is 45.8 Å². The monoisotopic (exact) mass is 319 g/mol. The summed E-state index contributed by atoms with van der Waals surface area (Å²) in [6, 6.07) is -0.936. The van der Waals surface area contributed by atoms with E-state index in [1.54, 1.807) is 20.8 Å². The Morgan fingerprint density at radius 3 is 2.71 bits per heavy atom. The lowest BCUT2D eigenvalue weighted by Gasteiger charge is -2.22. The lowest BCUT2D eigenvalue weighted by atomic mass is 10.2. The van der Waals surface area contributed by atoms with Crippen molar-refractivity contribution in [1.29, 1.82) is 0 Å². The van der Waals surface area contributed by atoms with E-state index in [1.165, 1.54) is 11.8 Å². The van der Waals surface area contributed by atoms with Crippen molar-refractivity contribution in [2.45, 2.75) is 57.8 Å². The molecule has 21 heavy (non-hydrogen) atoms. The van der Waals surface area contributed by atoms with Gasteiger partial charge in [0.2, 0.25) is 0 Å². The first kappa shape index (κ1) is 18.1. The first-order chi connectivity index (χ1) is 9.78. The van der Waals surface area contributed by atoms with Crippen molar-refractivity contribution < 1.29 is 24.2 Å². The fourth-order valence-corrected chi connectivity index (χ4v) is 2.97. The third kappa shape index (κ3) is 8.16. The average Bonchev–Trinajstić information content (AvgIpc) is 2.83. The van der Waals surface area contributed by atoms with E-state index in [2.05, 4.69) is 5.32 Å². The molecule has 2 atom stereocenters. The van der Waals surface area contributed by atoms with Gasteiger partial charge >= 0.3 is 12.1 Å². The van der Waals surface area contributed by atoms with E-state index in [4.69, 9.17) is 14.6 Å². The fraction of sp³-hybridized carbons (Fsp3) is 0.857. The Labute approximate surface area is 129 Å². The van der Waals surface area contributed by atoms with E-state index < -0.39 is 23.7 Å². The zero-order chi connectivity index (χ0) is 15.9. The van der Waals surface area contributed by atoms with Gasteiger partial charge in [-0.25, -0.2) is 9.59 Å². The van der Waals surface area contributed by atoms with Gasteiger partial charge in [0.05, 0.1) is 6.10 Å². The number of nitrogens with one attached hydrogen (secondary N) is 1. The van der Waals surface area contributed by atoms with Crippen molar-refractivity contribution in [1.82, 2.24) is 5.32 Å². The molecule has 7 heteroatoms. The van der Waals surface area contributed by atoms with E-state index in [-0.39, 0.29) is 0 Å². The Morgan fingerprint density at radius 1 is 1.48 bits per heavy atom. The predicted octanol–water partition coefficient (Wildman–Crippen LogP) is 2.27. The van der Waals surface area contributed by atoms with Crippen molar-refractivity contribution in [2.75, 3.05) is 18.1 Å². The van der Waals surface area contributed by atoms with Gasteiger partial charge in [-0.3, -0.25) is 0 Å². The van der Waals surface area contributed by atoms with Crippen LogP contribution in [0.25, 0.3) is 0 Å². The van der Waals surface area contributed by atoms with Crippen LogP contribution in [0.1, 0.15) is 40.0 Å². The molecule has 0 aromatic heterocycles. The zero-order valence-electron chi connectivity index (χ0n) is 12.9. The third-order valence-electron chi connectivity index (χ3n) is 2.88. The maximum atomic E-state index is 11.6. The standard InChI is InChI=1S/C14H25NO5S/c1-14(2,3)20-13(18)15-11(12(16)17)9-21-8-6-10-5-4-7-19-10/h10-11H,4-9H2,1-3H3,(H,15,18)(H,16,17). The van der Waals surface area contributed by atoms with Crippen LogP contribution in [-0.4, -0.2) is 53.0 Å². The molecule has 0 radical (unpaired) electrons. The number of aliphatic carboxylic acids is 1. The van der Waals surface area contributed by atoms with Crippen LogP contribution in [0.2, 0.25) is 0 Å². The second-order valence-electron chi connectivity index (χ2n) is 6.04. The van der Waals surface area contributed by atoms with Gasteiger partial charge in [-0.15, -0.1) is 0 Å². The minimum atomic E-state index is -1.05. The Kier molecular flexibility index (Phi) is 7.31. The molecule has 0 saturated carbocycles. The lowest BCUT2D eigenvalue weighted by molar-refractivity contribution is -0.138. The SMILES string of the molecule is CC(C)(C)OC(=O)NC(CSCCC1CCCO1)C(=O)O. The van der Waals surface area contributed by atoms with Crippen LogP contribution in [0, 0.1) is 0 Å². The number of thioether (sulfide) groups is 1. The van der Waals surface area contributed by atoms with Crippen LogP contribution in [0.4, 0.5) is 4.79 Å². The normalized spacial score (nSPS) is 20.0. The first-order valence-electron chi connectivity index (χ1n) is 7.19. The molecule has 0 aliphatic carbocycles. The molecule has 122 valence electrons. The van der Waals surface area contributed by atoms with Crippen molar-refractivity contribution in [3.8, 4) is 0 Å². The van der Waals surface area contributed by atoms with Crippen LogP contribution < -0.4 is 5.32 Å². The molecule has 1 fully saturated rings. The molecule has 2 unspecified atom stereocenters. The zero-order valence-corrected chi connectivity index (χ0v) is 13.7. The van der Waals surface area contributed by atoms with Gasteiger partial charge < -0.3 is 19.9 Å². The molecular formula is C14H25NO5S. The van der Waals surface area contributed by atoms with E-state index in [1.807, 2.05) is 0 Å². The molecular weight excluding hydrogens is 294 g/mol. The molecule has 1 saturated heterocycles. The van der Waals surface area contributed by atoms with E-state index in [0.29, 0.717) is 11.9 Å². The molecule has 1 amide bonds. The number of hydrogen-bond acceptors (Lipinski definition) is 5. The summed E-state index contributed by atoms with van der Waals surface area (Å²) in [5.41, 5.74) is -0.639. The Balaban J connectivity index is 2.25. The Morgan fingerprint density at radius 2 is 2.19 bits per heavy atom. The molecule has 1 heterocycles.